The third-order valence-corrected chi connectivity index (χ3v) is 3.92. The van der Waals surface area contributed by atoms with Gasteiger partial charge in [0, 0.05) is 29.4 Å². The monoisotopic (exact) mass is 345 g/mol. The molecule has 0 heterocycles. The molecule has 6 heteroatoms. The Morgan fingerprint density at radius 2 is 1.88 bits per heavy atom. The largest absolute Gasteiger partial charge is 0.355 e. The van der Waals surface area contributed by atoms with Gasteiger partial charge in [-0.15, -0.1) is 0 Å². The molecule has 2 rings (SSSR count). The van der Waals surface area contributed by atoms with Gasteiger partial charge in [-0.1, -0.05) is 35.9 Å². The maximum atomic E-state index is 12.1. The number of nitrogens with one attached hydrogen (secondary N) is 3. The van der Waals surface area contributed by atoms with Crippen LogP contribution in [0.1, 0.15) is 28.9 Å². The van der Waals surface area contributed by atoms with Crippen LogP contribution in [0.25, 0.3) is 0 Å². The summed E-state index contributed by atoms with van der Waals surface area (Å²) in [5.74, 6) is -0.389. The number of anilines is 1. The molecule has 2 aromatic carbocycles. The van der Waals surface area contributed by atoms with E-state index in [1.807, 2.05) is 31.2 Å². The minimum absolute atomic E-state index is 0.0540. The van der Waals surface area contributed by atoms with Crippen LogP contribution in [0.2, 0.25) is 5.02 Å². The van der Waals surface area contributed by atoms with E-state index < -0.39 is 0 Å². The SMILES string of the molecule is CNC(=O)c1cccc(NC(=O)CN[C@@H](C)c2ccccc2Cl)c1. The molecule has 3 N–H and O–H groups in total. The summed E-state index contributed by atoms with van der Waals surface area (Å²) >= 11 is 6.15. The average molecular weight is 346 g/mol. The van der Waals surface area contributed by atoms with E-state index in [-0.39, 0.29) is 24.4 Å². The predicted molar refractivity (Wildman–Crippen MR) is 96.3 cm³/mol. The Hall–Kier alpha value is -2.37. The Bertz CT molecular complexity index is 734. The first-order valence-corrected chi connectivity index (χ1v) is 7.99. The summed E-state index contributed by atoms with van der Waals surface area (Å²) in [7, 11) is 1.56. The number of benzene rings is 2. The van der Waals surface area contributed by atoms with Crippen LogP contribution in [-0.2, 0) is 4.79 Å². The molecule has 0 radical (unpaired) electrons. The van der Waals surface area contributed by atoms with E-state index in [4.69, 9.17) is 11.6 Å². The summed E-state index contributed by atoms with van der Waals surface area (Å²) in [5, 5.41) is 9.11. The zero-order valence-electron chi connectivity index (χ0n) is 13.6. The Kier molecular flexibility index (Phi) is 6.35. The average Bonchev–Trinajstić information content (AvgIpc) is 2.59. The summed E-state index contributed by atoms with van der Waals surface area (Å²) in [6.07, 6.45) is 0. The van der Waals surface area contributed by atoms with E-state index in [9.17, 15) is 9.59 Å². The molecule has 1 atom stereocenters. The van der Waals surface area contributed by atoms with E-state index in [0.29, 0.717) is 16.3 Å². The fraction of sp³-hybridized carbons (Fsp3) is 0.222. The van der Waals surface area contributed by atoms with Gasteiger partial charge in [-0.05, 0) is 36.8 Å². The zero-order valence-corrected chi connectivity index (χ0v) is 14.4. The van der Waals surface area contributed by atoms with E-state index in [0.717, 1.165) is 5.56 Å². The molecule has 2 aromatic rings. The first-order chi connectivity index (χ1) is 11.5. The van der Waals surface area contributed by atoms with Crippen LogP contribution in [0.15, 0.2) is 48.5 Å². The van der Waals surface area contributed by atoms with Crippen LogP contribution in [0.4, 0.5) is 5.69 Å². The van der Waals surface area contributed by atoms with Crippen molar-refractivity contribution < 1.29 is 9.59 Å². The number of carbonyl (C=O) groups is 2. The first-order valence-electron chi connectivity index (χ1n) is 7.61. The van der Waals surface area contributed by atoms with Crippen molar-refractivity contribution in [1.82, 2.24) is 10.6 Å². The van der Waals surface area contributed by atoms with Crippen LogP contribution in [0.3, 0.4) is 0 Å². The van der Waals surface area contributed by atoms with E-state index in [1.165, 1.54) is 0 Å². The smallest absolute Gasteiger partial charge is 0.251 e. The molecule has 126 valence electrons. The second-order valence-electron chi connectivity index (χ2n) is 5.33. The van der Waals surface area contributed by atoms with E-state index >= 15 is 0 Å². The highest BCUT2D eigenvalue weighted by Crippen LogP contribution is 2.21. The summed E-state index contributed by atoms with van der Waals surface area (Å²) in [4.78, 5) is 23.7. The molecular weight excluding hydrogens is 326 g/mol. The molecule has 0 aliphatic rings. The number of halogens is 1. The van der Waals surface area contributed by atoms with Crippen LogP contribution < -0.4 is 16.0 Å². The van der Waals surface area contributed by atoms with Crippen LogP contribution >= 0.6 is 11.6 Å². The summed E-state index contributed by atoms with van der Waals surface area (Å²) in [5.41, 5.74) is 2.01. The molecule has 0 fully saturated rings. The third-order valence-electron chi connectivity index (χ3n) is 3.58. The van der Waals surface area contributed by atoms with Crippen molar-refractivity contribution >= 4 is 29.1 Å². The number of carbonyl (C=O) groups excluding carboxylic acids is 2. The highest BCUT2D eigenvalue weighted by Gasteiger charge is 2.11. The van der Waals surface area contributed by atoms with Crippen LogP contribution in [-0.4, -0.2) is 25.4 Å². The number of hydrogen-bond donors (Lipinski definition) is 3. The van der Waals surface area contributed by atoms with Crippen molar-refractivity contribution in [2.45, 2.75) is 13.0 Å². The van der Waals surface area contributed by atoms with Gasteiger partial charge in [0.15, 0.2) is 0 Å². The van der Waals surface area contributed by atoms with E-state index in [1.54, 1.807) is 31.3 Å². The molecule has 0 saturated carbocycles. The van der Waals surface area contributed by atoms with Gasteiger partial charge in [-0.25, -0.2) is 0 Å². The Morgan fingerprint density at radius 3 is 2.58 bits per heavy atom. The maximum absolute atomic E-state index is 12.1. The second kappa shape index (κ2) is 8.47. The van der Waals surface area contributed by atoms with Gasteiger partial charge in [0.25, 0.3) is 5.91 Å². The van der Waals surface area contributed by atoms with Crippen molar-refractivity contribution in [3.05, 3.63) is 64.7 Å². The lowest BCUT2D eigenvalue weighted by atomic mass is 10.1. The van der Waals surface area contributed by atoms with Crippen molar-refractivity contribution in [2.75, 3.05) is 18.9 Å². The van der Waals surface area contributed by atoms with Gasteiger partial charge in [-0.3, -0.25) is 9.59 Å². The normalized spacial score (nSPS) is 11.6. The minimum atomic E-state index is -0.198. The molecule has 0 aliphatic carbocycles. The summed E-state index contributed by atoms with van der Waals surface area (Å²) in [6.45, 7) is 2.08. The lowest BCUT2D eigenvalue weighted by molar-refractivity contribution is -0.115. The molecule has 0 aliphatic heterocycles. The quantitative estimate of drug-likeness (QED) is 0.753. The second-order valence-corrected chi connectivity index (χ2v) is 5.74. The number of amides is 2. The van der Waals surface area contributed by atoms with Gasteiger partial charge >= 0.3 is 0 Å². The molecule has 24 heavy (non-hydrogen) atoms. The molecule has 0 spiro atoms. The molecule has 2 amide bonds. The molecule has 5 nitrogen and oxygen atoms in total. The van der Waals surface area contributed by atoms with Gasteiger partial charge in [0.2, 0.25) is 5.91 Å². The zero-order chi connectivity index (χ0) is 17.5. The standard InChI is InChI=1S/C18H20ClN3O2/c1-12(15-8-3-4-9-16(15)19)21-11-17(23)22-14-7-5-6-13(10-14)18(24)20-2/h3-10,12,21H,11H2,1-2H3,(H,20,24)(H,22,23)/t12-/m0/s1. The third kappa shape index (κ3) is 4.81. The van der Waals surface area contributed by atoms with Crippen LogP contribution in [0.5, 0.6) is 0 Å². The topological polar surface area (TPSA) is 70.2 Å². The van der Waals surface area contributed by atoms with Gasteiger partial charge < -0.3 is 16.0 Å². The van der Waals surface area contributed by atoms with Gasteiger partial charge in [0.05, 0.1) is 6.54 Å². The van der Waals surface area contributed by atoms with Crippen molar-refractivity contribution in [3.8, 4) is 0 Å². The highest BCUT2D eigenvalue weighted by molar-refractivity contribution is 6.31. The van der Waals surface area contributed by atoms with E-state index in [2.05, 4.69) is 16.0 Å². The van der Waals surface area contributed by atoms with Crippen molar-refractivity contribution in [2.24, 2.45) is 0 Å². The summed E-state index contributed by atoms with van der Waals surface area (Å²) in [6, 6.07) is 14.2. The van der Waals surface area contributed by atoms with Crippen molar-refractivity contribution in [3.63, 3.8) is 0 Å². The lowest BCUT2D eigenvalue weighted by Gasteiger charge is -2.15. The molecule has 0 aromatic heterocycles. The van der Waals surface area contributed by atoms with Gasteiger partial charge in [0.1, 0.15) is 0 Å². The van der Waals surface area contributed by atoms with Gasteiger partial charge in [-0.2, -0.15) is 0 Å². The Morgan fingerprint density at radius 1 is 1.12 bits per heavy atom. The Labute approximate surface area is 146 Å². The maximum Gasteiger partial charge on any atom is 0.251 e. The Balaban J connectivity index is 1.92. The fourth-order valence-corrected chi connectivity index (χ4v) is 2.57. The molecule has 0 saturated heterocycles. The minimum Gasteiger partial charge on any atom is -0.355 e. The lowest BCUT2D eigenvalue weighted by Crippen LogP contribution is -2.30. The number of rotatable bonds is 6. The highest BCUT2D eigenvalue weighted by atomic mass is 35.5. The number of hydrogen-bond acceptors (Lipinski definition) is 3. The molecular formula is C18H20ClN3O2. The molecule has 0 unspecified atom stereocenters. The summed E-state index contributed by atoms with van der Waals surface area (Å²) < 4.78 is 0. The predicted octanol–water partition coefficient (Wildman–Crippen LogP) is 2.99. The van der Waals surface area contributed by atoms with Crippen LogP contribution in [0, 0.1) is 0 Å². The van der Waals surface area contributed by atoms with Crippen molar-refractivity contribution in [1.29, 1.82) is 0 Å². The first kappa shape index (κ1) is 18.0. The fourth-order valence-electron chi connectivity index (χ4n) is 2.27. The molecule has 0 bridgehead atoms.